The van der Waals surface area contributed by atoms with Crippen molar-refractivity contribution in [2.24, 2.45) is 23.7 Å². The van der Waals surface area contributed by atoms with E-state index in [9.17, 15) is 0 Å². The standard InChI is InChI=1S/C30H40S4Si/c1-15-13-21-25(23-11-9-17(3)31-23)19(5)33-27(21)29(15)35(7,8)30-16(2)14-22-26(20(6)34-28(22)30)24-12-10-18(4)32-24/h9-12,15-16,21-22,27-30H,13-14H2,1-8H3. The minimum absolute atomic E-state index is 0.776. The summed E-state index contributed by atoms with van der Waals surface area (Å²) in [6, 6.07) is 9.46. The van der Waals surface area contributed by atoms with Crippen LogP contribution in [0.5, 0.6) is 0 Å². The first kappa shape index (κ1) is 25.1. The maximum absolute atomic E-state index is 2.81. The molecule has 8 unspecified atom stereocenters. The fourth-order valence-electron chi connectivity index (χ4n) is 8.85. The summed E-state index contributed by atoms with van der Waals surface area (Å²) >= 11 is 8.59. The Morgan fingerprint density at radius 2 is 1.06 bits per heavy atom. The highest BCUT2D eigenvalue weighted by molar-refractivity contribution is 8.04. The van der Waals surface area contributed by atoms with Gasteiger partial charge in [0.2, 0.25) is 0 Å². The van der Waals surface area contributed by atoms with Crippen molar-refractivity contribution in [3.63, 3.8) is 0 Å². The molecule has 2 fully saturated rings. The van der Waals surface area contributed by atoms with Crippen LogP contribution in [0, 0.1) is 37.5 Å². The van der Waals surface area contributed by atoms with E-state index < -0.39 is 8.07 Å². The zero-order valence-corrected chi connectivity index (χ0v) is 26.7. The fraction of sp³-hybridized carbons (Fsp3) is 0.600. The molecular weight excluding hydrogens is 517 g/mol. The summed E-state index contributed by atoms with van der Waals surface area (Å²) in [4.78, 5) is 9.28. The summed E-state index contributed by atoms with van der Waals surface area (Å²) in [5, 5.41) is 1.63. The minimum Gasteiger partial charge on any atom is -0.141 e. The number of thioether (sulfide) groups is 2. The lowest BCUT2D eigenvalue weighted by atomic mass is 9.95. The third-order valence-corrected chi connectivity index (χ3v) is 20.6. The van der Waals surface area contributed by atoms with Gasteiger partial charge in [-0.25, -0.2) is 0 Å². The molecule has 2 aliphatic carbocycles. The average molecular weight is 557 g/mol. The third-order valence-electron chi connectivity index (χ3n) is 9.83. The quantitative estimate of drug-likeness (QED) is 0.343. The number of fused-ring (bicyclic) bond motifs is 2. The van der Waals surface area contributed by atoms with Gasteiger partial charge < -0.3 is 0 Å². The van der Waals surface area contributed by atoms with E-state index in [0.29, 0.717) is 0 Å². The molecule has 2 aliphatic heterocycles. The van der Waals surface area contributed by atoms with E-state index in [1.165, 1.54) is 22.6 Å². The number of hydrogen-bond donors (Lipinski definition) is 0. The van der Waals surface area contributed by atoms with E-state index in [-0.39, 0.29) is 0 Å². The highest BCUT2D eigenvalue weighted by Gasteiger charge is 2.61. The predicted molar refractivity (Wildman–Crippen MR) is 166 cm³/mol. The Hall–Kier alpha value is -0.203. The van der Waals surface area contributed by atoms with Crippen LogP contribution in [-0.2, 0) is 0 Å². The normalized spacial score (nSPS) is 37.0. The van der Waals surface area contributed by atoms with Crippen LogP contribution in [0.15, 0.2) is 34.1 Å². The molecule has 0 saturated heterocycles. The summed E-state index contributed by atoms with van der Waals surface area (Å²) < 4.78 is 0. The Labute approximate surface area is 230 Å². The maximum atomic E-state index is 2.81. The average Bonchev–Trinajstić information content (AvgIpc) is 3.57. The molecule has 0 N–H and O–H groups in total. The van der Waals surface area contributed by atoms with Gasteiger partial charge in [-0.05, 0) is 121 Å². The van der Waals surface area contributed by atoms with E-state index in [2.05, 4.69) is 102 Å². The SMILES string of the molecule is CC1=C(c2ccc(C)s2)C2CC(C)C([Si](C)(C)C3C(C)CC4C(c5ccc(C)s5)=C(C)SC43)C2S1. The van der Waals surface area contributed by atoms with Crippen LogP contribution >= 0.6 is 46.2 Å². The van der Waals surface area contributed by atoms with Crippen molar-refractivity contribution in [2.75, 3.05) is 0 Å². The zero-order valence-electron chi connectivity index (χ0n) is 22.5. The van der Waals surface area contributed by atoms with Crippen molar-refractivity contribution in [1.82, 2.24) is 0 Å². The van der Waals surface area contributed by atoms with Gasteiger partial charge in [0.15, 0.2) is 0 Å². The first-order valence-corrected chi connectivity index (χ1v) is 20.0. The number of hydrogen-bond acceptors (Lipinski definition) is 4. The molecule has 8 atom stereocenters. The van der Waals surface area contributed by atoms with Crippen LogP contribution < -0.4 is 0 Å². The first-order chi connectivity index (χ1) is 16.6. The Morgan fingerprint density at radius 1 is 0.657 bits per heavy atom. The maximum Gasteiger partial charge on any atom is 0.0564 e. The number of rotatable bonds is 4. The molecule has 4 aliphatic rings. The molecular formula is C30H40S4Si. The molecule has 4 heterocycles. The number of thiophene rings is 2. The van der Waals surface area contributed by atoms with Crippen LogP contribution in [0.4, 0.5) is 0 Å². The fourth-order valence-corrected chi connectivity index (χ4v) is 22.6. The molecule has 0 aromatic carbocycles. The van der Waals surface area contributed by atoms with Crippen molar-refractivity contribution in [3.05, 3.63) is 53.6 Å². The summed E-state index contributed by atoms with van der Waals surface area (Å²) in [6.07, 6.45) is 2.81. The monoisotopic (exact) mass is 556 g/mol. The van der Waals surface area contributed by atoms with Crippen molar-refractivity contribution in [2.45, 2.75) is 89.1 Å². The topological polar surface area (TPSA) is 0 Å². The smallest absolute Gasteiger partial charge is 0.0564 e. The summed E-state index contributed by atoms with van der Waals surface area (Å²) in [5.41, 5.74) is 5.28. The lowest BCUT2D eigenvalue weighted by Crippen LogP contribution is -2.47. The Balaban J connectivity index is 1.29. The molecule has 2 saturated carbocycles. The van der Waals surface area contributed by atoms with Gasteiger partial charge in [-0.15, -0.1) is 46.2 Å². The van der Waals surface area contributed by atoms with Crippen LogP contribution in [0.25, 0.3) is 11.1 Å². The molecule has 0 bridgehead atoms. The summed E-state index contributed by atoms with van der Waals surface area (Å²) in [6.45, 7) is 20.2. The van der Waals surface area contributed by atoms with Crippen LogP contribution in [0.2, 0.25) is 24.2 Å². The van der Waals surface area contributed by atoms with Gasteiger partial charge in [0, 0.05) is 30.0 Å². The minimum atomic E-state index is -1.53. The molecule has 2 aromatic heterocycles. The molecule has 5 heteroatoms. The lowest BCUT2D eigenvalue weighted by Gasteiger charge is -2.44. The third kappa shape index (κ3) is 3.88. The first-order valence-electron chi connectivity index (χ1n) is 13.5. The Kier molecular flexibility index (Phi) is 6.40. The second-order valence-corrected chi connectivity index (χ2v) is 22.8. The van der Waals surface area contributed by atoms with Gasteiger partial charge in [-0.1, -0.05) is 26.9 Å². The zero-order chi connectivity index (χ0) is 24.8. The van der Waals surface area contributed by atoms with E-state index in [0.717, 1.165) is 45.3 Å². The van der Waals surface area contributed by atoms with E-state index >= 15 is 0 Å². The Bertz CT molecular complexity index is 1120. The van der Waals surface area contributed by atoms with Crippen molar-refractivity contribution in [3.8, 4) is 0 Å². The van der Waals surface area contributed by atoms with E-state index in [1.54, 1.807) is 30.7 Å². The molecule has 6 rings (SSSR count). The van der Waals surface area contributed by atoms with Crippen molar-refractivity contribution in [1.29, 1.82) is 0 Å². The summed E-state index contributed by atoms with van der Waals surface area (Å²) in [5.74, 6) is 3.26. The van der Waals surface area contributed by atoms with Gasteiger partial charge in [0.25, 0.3) is 0 Å². The van der Waals surface area contributed by atoms with Gasteiger partial charge in [0.1, 0.15) is 0 Å². The molecule has 0 amide bonds. The highest BCUT2D eigenvalue weighted by atomic mass is 32.2. The van der Waals surface area contributed by atoms with Crippen molar-refractivity contribution >= 4 is 65.4 Å². The van der Waals surface area contributed by atoms with E-state index in [1.807, 2.05) is 22.7 Å². The van der Waals surface area contributed by atoms with Crippen LogP contribution in [0.1, 0.15) is 60.0 Å². The van der Waals surface area contributed by atoms with Crippen LogP contribution in [0.3, 0.4) is 0 Å². The second kappa shape index (κ2) is 8.93. The number of allylic oxidation sites excluding steroid dienone is 4. The van der Waals surface area contributed by atoms with Gasteiger partial charge in [-0.2, -0.15) is 0 Å². The van der Waals surface area contributed by atoms with E-state index in [4.69, 9.17) is 0 Å². The number of aryl methyl sites for hydroxylation is 2. The summed E-state index contributed by atoms with van der Waals surface area (Å²) in [7, 11) is -1.53. The predicted octanol–water partition coefficient (Wildman–Crippen LogP) is 10.6. The largest absolute Gasteiger partial charge is 0.141 e. The Morgan fingerprint density at radius 3 is 1.40 bits per heavy atom. The molecule has 35 heavy (non-hydrogen) atoms. The molecule has 0 radical (unpaired) electrons. The molecule has 0 nitrogen and oxygen atoms in total. The molecule has 2 aromatic rings. The van der Waals surface area contributed by atoms with Crippen molar-refractivity contribution < 1.29 is 0 Å². The second-order valence-electron chi connectivity index (χ2n) is 12.4. The highest BCUT2D eigenvalue weighted by Crippen LogP contribution is 2.69. The lowest BCUT2D eigenvalue weighted by molar-refractivity contribution is 0.545. The molecule has 188 valence electrons. The van der Waals surface area contributed by atoms with Gasteiger partial charge >= 0.3 is 0 Å². The van der Waals surface area contributed by atoms with Gasteiger partial charge in [0.05, 0.1) is 8.07 Å². The van der Waals surface area contributed by atoms with Gasteiger partial charge in [-0.3, -0.25) is 0 Å². The molecule has 0 spiro atoms. The van der Waals surface area contributed by atoms with Crippen LogP contribution in [-0.4, -0.2) is 18.6 Å².